The molecular weight excluding hydrogens is 358 g/mol. The molecule has 2 heterocycles. The van der Waals surface area contributed by atoms with E-state index in [9.17, 15) is 4.79 Å². The molecule has 1 atom stereocenters. The molecule has 138 valence electrons. The summed E-state index contributed by atoms with van der Waals surface area (Å²) >= 11 is 1.32. The molecule has 3 aromatic rings. The minimum atomic E-state index is -0.380. The lowest BCUT2D eigenvalue weighted by Gasteiger charge is -2.22. The number of carbonyl (C=O) groups is 1. The summed E-state index contributed by atoms with van der Waals surface area (Å²) in [6.07, 6.45) is 2.13. The summed E-state index contributed by atoms with van der Waals surface area (Å²) in [6, 6.07) is 17.7. The van der Waals surface area contributed by atoms with E-state index in [0.29, 0.717) is 11.1 Å². The SMILES string of the molecule is Cc1cccc(-c2nnc(S[C@@H](C(=O)N3CCCC3)c3ccccc3)o2)c1. The fourth-order valence-electron chi connectivity index (χ4n) is 3.25. The van der Waals surface area contributed by atoms with Gasteiger partial charge in [-0.25, -0.2) is 0 Å². The van der Waals surface area contributed by atoms with Crippen molar-refractivity contribution < 1.29 is 9.21 Å². The van der Waals surface area contributed by atoms with Crippen LogP contribution in [0.3, 0.4) is 0 Å². The van der Waals surface area contributed by atoms with E-state index in [1.54, 1.807) is 0 Å². The van der Waals surface area contributed by atoms with Crippen molar-refractivity contribution in [1.29, 1.82) is 0 Å². The van der Waals surface area contributed by atoms with Crippen LogP contribution in [0.25, 0.3) is 11.5 Å². The highest BCUT2D eigenvalue weighted by atomic mass is 32.2. The van der Waals surface area contributed by atoms with Crippen molar-refractivity contribution in [2.45, 2.75) is 30.2 Å². The molecular formula is C21H21N3O2S. The largest absolute Gasteiger partial charge is 0.411 e. The van der Waals surface area contributed by atoms with Crippen molar-refractivity contribution in [3.63, 3.8) is 0 Å². The molecule has 1 saturated heterocycles. The minimum absolute atomic E-state index is 0.110. The molecule has 0 N–H and O–H groups in total. The Hall–Kier alpha value is -2.60. The Morgan fingerprint density at radius 3 is 2.59 bits per heavy atom. The Kier molecular flexibility index (Phi) is 5.25. The summed E-state index contributed by atoms with van der Waals surface area (Å²) in [6.45, 7) is 3.66. The van der Waals surface area contributed by atoms with Gasteiger partial charge in [0.1, 0.15) is 5.25 Å². The summed E-state index contributed by atoms with van der Waals surface area (Å²) in [5.41, 5.74) is 2.97. The van der Waals surface area contributed by atoms with Crippen LogP contribution >= 0.6 is 11.8 Å². The van der Waals surface area contributed by atoms with Crippen LogP contribution in [-0.4, -0.2) is 34.1 Å². The van der Waals surface area contributed by atoms with Crippen molar-refractivity contribution in [3.8, 4) is 11.5 Å². The Bertz CT molecular complexity index is 920. The van der Waals surface area contributed by atoms with Gasteiger partial charge >= 0.3 is 0 Å². The van der Waals surface area contributed by atoms with E-state index in [2.05, 4.69) is 10.2 Å². The Labute approximate surface area is 162 Å². The number of hydrogen-bond acceptors (Lipinski definition) is 5. The number of carbonyl (C=O) groups excluding carboxylic acids is 1. The van der Waals surface area contributed by atoms with Crippen molar-refractivity contribution >= 4 is 17.7 Å². The first-order valence-corrected chi connectivity index (χ1v) is 9.99. The Morgan fingerprint density at radius 2 is 1.85 bits per heavy atom. The van der Waals surface area contributed by atoms with Crippen molar-refractivity contribution in [3.05, 3.63) is 65.7 Å². The second-order valence-electron chi connectivity index (χ2n) is 6.68. The molecule has 1 aliphatic heterocycles. The zero-order valence-corrected chi connectivity index (χ0v) is 16.0. The van der Waals surface area contributed by atoms with Crippen LogP contribution in [-0.2, 0) is 4.79 Å². The van der Waals surface area contributed by atoms with Gasteiger partial charge in [0.15, 0.2) is 0 Å². The summed E-state index contributed by atoms with van der Waals surface area (Å²) in [7, 11) is 0. The van der Waals surface area contributed by atoms with Crippen LogP contribution in [0.1, 0.15) is 29.2 Å². The molecule has 0 radical (unpaired) electrons. The first-order valence-electron chi connectivity index (χ1n) is 9.11. The molecule has 27 heavy (non-hydrogen) atoms. The number of amides is 1. The molecule has 0 unspecified atom stereocenters. The molecule has 0 spiro atoms. The van der Waals surface area contributed by atoms with Crippen molar-refractivity contribution in [2.75, 3.05) is 13.1 Å². The second kappa shape index (κ2) is 7.96. The predicted molar refractivity (Wildman–Crippen MR) is 105 cm³/mol. The lowest BCUT2D eigenvalue weighted by atomic mass is 10.1. The van der Waals surface area contributed by atoms with Crippen LogP contribution in [0.4, 0.5) is 0 Å². The first kappa shape index (κ1) is 17.8. The highest BCUT2D eigenvalue weighted by molar-refractivity contribution is 8.00. The fourth-order valence-corrected chi connectivity index (χ4v) is 4.20. The number of aromatic nitrogens is 2. The molecule has 2 aromatic carbocycles. The summed E-state index contributed by atoms with van der Waals surface area (Å²) in [5.74, 6) is 0.584. The van der Waals surface area contributed by atoms with Crippen molar-refractivity contribution in [1.82, 2.24) is 15.1 Å². The Balaban J connectivity index is 1.59. The van der Waals surface area contributed by atoms with Crippen LogP contribution < -0.4 is 0 Å². The van der Waals surface area contributed by atoms with Gasteiger partial charge in [-0.05, 0) is 49.2 Å². The van der Waals surface area contributed by atoms with Crippen LogP contribution in [0.2, 0.25) is 0 Å². The van der Waals surface area contributed by atoms with Gasteiger partial charge in [-0.15, -0.1) is 10.2 Å². The van der Waals surface area contributed by atoms with Crippen LogP contribution in [0.5, 0.6) is 0 Å². The average molecular weight is 379 g/mol. The van der Waals surface area contributed by atoms with Gasteiger partial charge < -0.3 is 9.32 Å². The lowest BCUT2D eigenvalue weighted by Crippen LogP contribution is -2.31. The van der Waals surface area contributed by atoms with Gasteiger partial charge in [0, 0.05) is 18.7 Å². The summed E-state index contributed by atoms with van der Waals surface area (Å²) in [4.78, 5) is 15.0. The molecule has 4 rings (SSSR count). The average Bonchev–Trinajstić information content (AvgIpc) is 3.38. The summed E-state index contributed by atoms with van der Waals surface area (Å²) in [5, 5.41) is 8.37. The van der Waals surface area contributed by atoms with E-state index in [-0.39, 0.29) is 11.2 Å². The quantitative estimate of drug-likeness (QED) is 0.611. The van der Waals surface area contributed by atoms with Crippen LogP contribution in [0, 0.1) is 6.92 Å². The van der Waals surface area contributed by atoms with Gasteiger partial charge in [0.05, 0.1) is 0 Å². The normalized spacial score (nSPS) is 15.1. The lowest BCUT2D eigenvalue weighted by molar-refractivity contribution is -0.129. The number of benzene rings is 2. The van der Waals surface area contributed by atoms with Gasteiger partial charge in [0.2, 0.25) is 11.8 Å². The zero-order chi connectivity index (χ0) is 18.6. The molecule has 0 saturated carbocycles. The molecule has 5 nitrogen and oxygen atoms in total. The Morgan fingerprint density at radius 1 is 1.07 bits per heavy atom. The minimum Gasteiger partial charge on any atom is -0.411 e. The fraction of sp³-hybridized carbons (Fsp3) is 0.286. The maximum Gasteiger partial charge on any atom is 0.277 e. The number of rotatable bonds is 5. The standard InChI is InChI=1S/C21H21N3O2S/c1-15-8-7-11-17(14-15)19-22-23-21(26-19)27-18(16-9-3-2-4-10-16)20(25)24-12-5-6-13-24/h2-4,7-11,14,18H,5-6,12-13H2,1H3/t18-/m1/s1. The first-order chi connectivity index (χ1) is 13.2. The third-order valence-electron chi connectivity index (χ3n) is 4.63. The third-order valence-corrected chi connectivity index (χ3v) is 5.71. The molecule has 1 amide bonds. The molecule has 0 aliphatic carbocycles. The third kappa shape index (κ3) is 4.06. The molecule has 0 bridgehead atoms. The van der Waals surface area contributed by atoms with E-state index in [1.807, 2.05) is 66.4 Å². The van der Waals surface area contributed by atoms with E-state index >= 15 is 0 Å². The maximum absolute atomic E-state index is 13.1. The zero-order valence-electron chi connectivity index (χ0n) is 15.2. The number of nitrogens with zero attached hydrogens (tertiary/aromatic N) is 3. The van der Waals surface area contributed by atoms with E-state index in [0.717, 1.165) is 42.6 Å². The number of thioether (sulfide) groups is 1. The van der Waals surface area contributed by atoms with Gasteiger partial charge in [-0.2, -0.15) is 0 Å². The van der Waals surface area contributed by atoms with Gasteiger partial charge in [-0.3, -0.25) is 4.79 Å². The molecule has 1 fully saturated rings. The number of likely N-dealkylation sites (tertiary alicyclic amines) is 1. The van der Waals surface area contributed by atoms with E-state index in [4.69, 9.17) is 4.42 Å². The van der Waals surface area contributed by atoms with Gasteiger partial charge in [0.25, 0.3) is 5.22 Å². The maximum atomic E-state index is 13.1. The highest BCUT2D eigenvalue weighted by Crippen LogP contribution is 2.37. The summed E-state index contributed by atoms with van der Waals surface area (Å²) < 4.78 is 5.86. The van der Waals surface area contributed by atoms with Crippen LogP contribution in [0.15, 0.2) is 64.2 Å². The highest BCUT2D eigenvalue weighted by Gasteiger charge is 2.30. The number of hydrogen-bond donors (Lipinski definition) is 0. The second-order valence-corrected chi connectivity index (χ2v) is 7.74. The van der Waals surface area contributed by atoms with E-state index < -0.39 is 0 Å². The van der Waals surface area contributed by atoms with Gasteiger partial charge in [-0.1, -0.05) is 48.0 Å². The van der Waals surface area contributed by atoms with E-state index in [1.165, 1.54) is 11.8 Å². The van der Waals surface area contributed by atoms with Crippen molar-refractivity contribution in [2.24, 2.45) is 0 Å². The predicted octanol–water partition coefficient (Wildman–Crippen LogP) is 4.50. The molecule has 1 aromatic heterocycles. The molecule has 6 heteroatoms. The number of aryl methyl sites for hydroxylation is 1. The topological polar surface area (TPSA) is 59.2 Å². The monoisotopic (exact) mass is 379 g/mol. The molecule has 1 aliphatic rings. The smallest absolute Gasteiger partial charge is 0.277 e.